The first-order valence-electron chi connectivity index (χ1n) is 9.29. The average Bonchev–Trinajstić information content (AvgIpc) is 3.01. The normalized spacial score (nSPS) is 20.7. The number of amides is 5. The average molecular weight is 402 g/mol. The van der Waals surface area contributed by atoms with E-state index >= 15 is 0 Å². The van der Waals surface area contributed by atoms with Gasteiger partial charge in [-0.3, -0.25) is 19.7 Å². The molecule has 30 heavy (non-hydrogen) atoms. The van der Waals surface area contributed by atoms with Crippen LogP contribution in [0.4, 0.5) is 16.2 Å². The van der Waals surface area contributed by atoms with Crippen LogP contribution < -0.4 is 15.2 Å². The highest BCUT2D eigenvalue weighted by Gasteiger charge is 2.40. The quantitative estimate of drug-likeness (QED) is 0.630. The molecule has 2 aliphatic rings. The molecule has 2 aromatic rings. The summed E-state index contributed by atoms with van der Waals surface area (Å²) < 4.78 is 0. The highest BCUT2D eigenvalue weighted by atomic mass is 16.2. The Morgan fingerprint density at radius 3 is 2.23 bits per heavy atom. The fourth-order valence-electron chi connectivity index (χ4n) is 3.30. The Bertz CT molecular complexity index is 1120. The van der Waals surface area contributed by atoms with E-state index in [9.17, 15) is 19.2 Å². The van der Waals surface area contributed by atoms with Crippen LogP contribution in [0.25, 0.3) is 0 Å². The van der Waals surface area contributed by atoms with Gasteiger partial charge in [-0.1, -0.05) is 35.9 Å². The minimum absolute atomic E-state index is 0.280. The Labute approximate surface area is 172 Å². The molecule has 1 atom stereocenters. The van der Waals surface area contributed by atoms with Crippen LogP contribution in [0, 0.1) is 12.8 Å². The highest BCUT2D eigenvalue weighted by molar-refractivity contribution is 6.38. The molecule has 4 rings (SSSR count). The number of para-hydroxylation sites is 1. The number of barbiturate groups is 1. The Hall–Kier alpha value is -4.07. The fraction of sp³-hybridized carbons (Fsp3) is 0.136. The number of rotatable bonds is 3. The van der Waals surface area contributed by atoms with Gasteiger partial charge in [-0.2, -0.15) is 10.1 Å². The van der Waals surface area contributed by atoms with E-state index < -0.39 is 23.8 Å². The SMILES string of the molecule is CC1=NN(c2ccccc2)C(=O)C1/C=C1\C(=O)NC(=O)N(c2ccc(C)cc2)C1=O. The van der Waals surface area contributed by atoms with E-state index in [0.29, 0.717) is 17.1 Å². The molecule has 0 saturated carbocycles. The predicted molar refractivity (Wildman–Crippen MR) is 111 cm³/mol. The van der Waals surface area contributed by atoms with Crippen molar-refractivity contribution in [1.29, 1.82) is 0 Å². The second-order valence-electron chi connectivity index (χ2n) is 7.02. The molecule has 150 valence electrons. The number of anilines is 2. The van der Waals surface area contributed by atoms with Gasteiger partial charge in [0.15, 0.2) is 0 Å². The number of benzene rings is 2. The number of hydrogen-bond acceptors (Lipinski definition) is 5. The summed E-state index contributed by atoms with van der Waals surface area (Å²) >= 11 is 0. The third kappa shape index (κ3) is 3.28. The van der Waals surface area contributed by atoms with Crippen molar-refractivity contribution in [2.75, 3.05) is 9.91 Å². The maximum atomic E-state index is 13.0. The van der Waals surface area contributed by atoms with Gasteiger partial charge in [-0.05, 0) is 44.2 Å². The fourth-order valence-corrected chi connectivity index (χ4v) is 3.30. The first kappa shape index (κ1) is 19.3. The predicted octanol–water partition coefficient (Wildman–Crippen LogP) is 2.54. The summed E-state index contributed by atoms with van der Waals surface area (Å²) in [5.41, 5.74) is 2.03. The zero-order valence-electron chi connectivity index (χ0n) is 16.3. The third-order valence-corrected chi connectivity index (χ3v) is 4.91. The van der Waals surface area contributed by atoms with E-state index in [1.807, 2.05) is 13.0 Å². The lowest BCUT2D eigenvalue weighted by molar-refractivity contribution is -0.122. The lowest BCUT2D eigenvalue weighted by Gasteiger charge is -2.26. The molecule has 0 radical (unpaired) electrons. The lowest BCUT2D eigenvalue weighted by atomic mass is 9.98. The third-order valence-electron chi connectivity index (χ3n) is 4.91. The number of hydrazone groups is 1. The summed E-state index contributed by atoms with van der Waals surface area (Å²) in [6.07, 6.45) is 1.27. The molecule has 2 aliphatic heterocycles. The summed E-state index contributed by atoms with van der Waals surface area (Å²) in [6, 6.07) is 14.8. The van der Waals surface area contributed by atoms with E-state index in [0.717, 1.165) is 10.5 Å². The molecule has 0 aromatic heterocycles. The number of aryl methyl sites for hydroxylation is 1. The molecule has 2 aromatic carbocycles. The van der Waals surface area contributed by atoms with Gasteiger partial charge in [0.2, 0.25) is 0 Å². The molecular formula is C22H18N4O4. The van der Waals surface area contributed by atoms with Crippen LogP contribution in [-0.2, 0) is 14.4 Å². The molecule has 2 heterocycles. The molecule has 1 saturated heterocycles. The molecule has 1 fully saturated rings. The molecule has 0 aliphatic carbocycles. The number of nitrogens with zero attached hydrogens (tertiary/aromatic N) is 3. The van der Waals surface area contributed by atoms with Crippen molar-refractivity contribution in [2.45, 2.75) is 13.8 Å². The van der Waals surface area contributed by atoms with Gasteiger partial charge < -0.3 is 0 Å². The minimum atomic E-state index is -0.886. The van der Waals surface area contributed by atoms with Crippen LogP contribution >= 0.6 is 0 Å². The van der Waals surface area contributed by atoms with Crippen molar-refractivity contribution >= 4 is 40.8 Å². The van der Waals surface area contributed by atoms with E-state index in [-0.39, 0.29) is 11.5 Å². The molecule has 5 amide bonds. The van der Waals surface area contributed by atoms with Crippen molar-refractivity contribution in [3.8, 4) is 0 Å². The first-order chi connectivity index (χ1) is 14.4. The van der Waals surface area contributed by atoms with Gasteiger partial charge in [-0.15, -0.1) is 0 Å². The zero-order valence-corrected chi connectivity index (χ0v) is 16.3. The molecule has 1 N–H and O–H groups in total. The summed E-state index contributed by atoms with van der Waals surface area (Å²) in [5, 5.41) is 7.68. The first-order valence-corrected chi connectivity index (χ1v) is 9.29. The van der Waals surface area contributed by atoms with Crippen LogP contribution in [-0.4, -0.2) is 29.5 Å². The Balaban J connectivity index is 1.67. The molecule has 8 heteroatoms. The maximum absolute atomic E-state index is 13.0. The summed E-state index contributed by atoms with van der Waals surface area (Å²) in [5.74, 6) is -2.90. The van der Waals surface area contributed by atoms with Crippen LogP contribution in [0.3, 0.4) is 0 Å². The van der Waals surface area contributed by atoms with Crippen molar-refractivity contribution in [3.05, 3.63) is 71.8 Å². The number of hydrogen-bond donors (Lipinski definition) is 1. The van der Waals surface area contributed by atoms with Gasteiger partial charge >= 0.3 is 6.03 Å². The van der Waals surface area contributed by atoms with E-state index in [1.54, 1.807) is 55.5 Å². The van der Waals surface area contributed by atoms with Crippen LogP contribution in [0.15, 0.2) is 71.3 Å². The number of imide groups is 2. The van der Waals surface area contributed by atoms with Crippen molar-refractivity contribution in [2.24, 2.45) is 11.0 Å². The van der Waals surface area contributed by atoms with Gasteiger partial charge in [0.25, 0.3) is 17.7 Å². The Kier molecular flexibility index (Phi) is 4.75. The van der Waals surface area contributed by atoms with Crippen molar-refractivity contribution in [1.82, 2.24) is 5.32 Å². The van der Waals surface area contributed by atoms with E-state index in [1.165, 1.54) is 11.1 Å². The van der Waals surface area contributed by atoms with Crippen molar-refractivity contribution < 1.29 is 19.2 Å². The molecule has 8 nitrogen and oxygen atoms in total. The monoisotopic (exact) mass is 402 g/mol. The topological polar surface area (TPSA) is 99.2 Å². The summed E-state index contributed by atoms with van der Waals surface area (Å²) in [6.45, 7) is 3.53. The lowest BCUT2D eigenvalue weighted by Crippen LogP contribution is -2.54. The summed E-state index contributed by atoms with van der Waals surface area (Å²) in [7, 11) is 0. The number of carbonyl (C=O) groups is 4. The van der Waals surface area contributed by atoms with Gasteiger partial charge in [0.05, 0.1) is 23.0 Å². The maximum Gasteiger partial charge on any atom is 0.335 e. The number of carbonyl (C=O) groups excluding carboxylic acids is 4. The minimum Gasteiger partial charge on any atom is -0.273 e. The molecule has 1 unspecified atom stereocenters. The zero-order chi connectivity index (χ0) is 21.4. The van der Waals surface area contributed by atoms with E-state index in [2.05, 4.69) is 10.4 Å². The molecular weight excluding hydrogens is 384 g/mol. The highest BCUT2D eigenvalue weighted by Crippen LogP contribution is 2.27. The number of urea groups is 1. The standard InChI is InChI=1S/C22H18N4O4/c1-13-8-10-15(11-9-13)25-20(28)18(19(27)23-22(25)30)12-17-14(2)24-26(21(17)29)16-6-4-3-5-7-16/h3-12,17H,1-2H3,(H,23,27,30)/b18-12+. The smallest absolute Gasteiger partial charge is 0.273 e. The second kappa shape index (κ2) is 7.40. The van der Waals surface area contributed by atoms with E-state index in [4.69, 9.17) is 0 Å². The Morgan fingerprint density at radius 2 is 1.57 bits per heavy atom. The second-order valence-corrected chi connectivity index (χ2v) is 7.02. The van der Waals surface area contributed by atoms with Crippen molar-refractivity contribution in [3.63, 3.8) is 0 Å². The van der Waals surface area contributed by atoms with Gasteiger partial charge in [-0.25, -0.2) is 9.69 Å². The van der Waals surface area contributed by atoms with Gasteiger partial charge in [0, 0.05) is 0 Å². The summed E-state index contributed by atoms with van der Waals surface area (Å²) in [4.78, 5) is 51.5. The Morgan fingerprint density at radius 1 is 0.900 bits per heavy atom. The van der Waals surface area contributed by atoms with Crippen LogP contribution in [0.5, 0.6) is 0 Å². The molecule has 0 bridgehead atoms. The largest absolute Gasteiger partial charge is 0.335 e. The van der Waals surface area contributed by atoms with Crippen LogP contribution in [0.1, 0.15) is 12.5 Å². The molecule has 0 spiro atoms. The van der Waals surface area contributed by atoms with Crippen LogP contribution in [0.2, 0.25) is 0 Å². The van der Waals surface area contributed by atoms with Gasteiger partial charge in [0.1, 0.15) is 5.57 Å². The number of nitrogens with one attached hydrogen (secondary N) is 1.